The molecule has 0 aliphatic heterocycles. The first-order valence-electron chi connectivity index (χ1n) is 7.89. The molecule has 0 radical (unpaired) electrons. The Bertz CT molecular complexity index is 1040. The van der Waals surface area contributed by atoms with Crippen molar-refractivity contribution in [3.8, 4) is 17.1 Å². The van der Waals surface area contributed by atoms with Crippen molar-refractivity contribution < 1.29 is 26.7 Å². The van der Waals surface area contributed by atoms with Gasteiger partial charge in [0.15, 0.2) is 46.3 Å². The summed E-state index contributed by atoms with van der Waals surface area (Å²) in [5.41, 5.74) is -1.36. The van der Waals surface area contributed by atoms with Gasteiger partial charge in [-0.05, 0) is 26.0 Å². The molecule has 0 saturated carbocycles. The first kappa shape index (κ1) is 20.1. The van der Waals surface area contributed by atoms with E-state index in [-0.39, 0.29) is 22.2 Å². The van der Waals surface area contributed by atoms with Gasteiger partial charge in [-0.2, -0.15) is 0 Å². The topological polar surface area (TPSA) is 39.9 Å². The minimum Gasteiger partial charge on any atom is -0.474 e. The number of benzene rings is 2. The summed E-state index contributed by atoms with van der Waals surface area (Å²) in [4.78, 5) is 0. The largest absolute Gasteiger partial charge is 0.474 e. The van der Waals surface area contributed by atoms with Gasteiger partial charge in [0.1, 0.15) is 5.82 Å². The fraction of sp³-hybridized carbons (Fsp3) is 0.222. The van der Waals surface area contributed by atoms with Gasteiger partial charge in [-0.3, -0.25) is 0 Å². The van der Waals surface area contributed by atoms with Crippen LogP contribution in [0.5, 0.6) is 5.75 Å². The molecule has 148 valence electrons. The Morgan fingerprint density at radius 3 is 2.07 bits per heavy atom. The zero-order valence-electron chi connectivity index (χ0n) is 14.8. The molecule has 1 aromatic heterocycles. The molecular weight excluding hydrogens is 405 g/mol. The van der Waals surface area contributed by atoms with Crippen LogP contribution >= 0.6 is 11.6 Å². The lowest BCUT2D eigenvalue weighted by molar-refractivity contribution is 0.0833. The molecule has 3 aromatic rings. The molecular formula is C18H13ClF5N3O. The number of halogens is 6. The maximum Gasteiger partial charge on any atom is 0.192 e. The van der Waals surface area contributed by atoms with Gasteiger partial charge in [0.05, 0.1) is 5.02 Å². The van der Waals surface area contributed by atoms with Gasteiger partial charge in [-0.25, -0.2) is 22.0 Å². The molecule has 0 amide bonds. The molecule has 0 atom stereocenters. The molecule has 0 aliphatic rings. The fourth-order valence-electron chi connectivity index (χ4n) is 2.71. The lowest BCUT2D eigenvalue weighted by Crippen LogP contribution is -2.30. The van der Waals surface area contributed by atoms with Gasteiger partial charge in [-0.15, -0.1) is 10.2 Å². The molecule has 0 bridgehead atoms. The molecule has 28 heavy (non-hydrogen) atoms. The van der Waals surface area contributed by atoms with Crippen molar-refractivity contribution in [3.63, 3.8) is 0 Å². The second-order valence-corrected chi connectivity index (χ2v) is 6.87. The van der Waals surface area contributed by atoms with Crippen LogP contribution in [0.15, 0.2) is 24.3 Å². The fourth-order valence-corrected chi connectivity index (χ4v) is 2.94. The Balaban J connectivity index is 2.03. The molecule has 0 aliphatic carbocycles. The van der Waals surface area contributed by atoms with Crippen molar-refractivity contribution in [1.29, 1.82) is 0 Å². The van der Waals surface area contributed by atoms with Crippen molar-refractivity contribution in [2.45, 2.75) is 19.4 Å². The summed E-state index contributed by atoms with van der Waals surface area (Å²) in [6.07, 6.45) is 0. The van der Waals surface area contributed by atoms with E-state index in [1.165, 1.54) is 25.5 Å². The smallest absolute Gasteiger partial charge is 0.192 e. The van der Waals surface area contributed by atoms with Gasteiger partial charge in [0.25, 0.3) is 0 Å². The first-order chi connectivity index (χ1) is 13.0. The SMILES string of the molecule is Cn1c(-c2cc(F)c(F)cc2Cl)nnc1C(C)(C)Oc1c(F)cc(F)cc1F. The normalized spacial score (nSPS) is 11.8. The number of ether oxygens (including phenoxy) is 1. The molecule has 0 unspecified atom stereocenters. The van der Waals surface area contributed by atoms with Crippen LogP contribution < -0.4 is 4.74 Å². The number of aromatic nitrogens is 3. The summed E-state index contributed by atoms with van der Waals surface area (Å²) in [7, 11) is 1.49. The van der Waals surface area contributed by atoms with Crippen LogP contribution in [-0.2, 0) is 12.6 Å². The second kappa shape index (κ2) is 7.05. The molecule has 0 N–H and O–H groups in total. The van der Waals surface area contributed by atoms with Crippen LogP contribution in [0, 0.1) is 29.1 Å². The Morgan fingerprint density at radius 2 is 1.46 bits per heavy atom. The van der Waals surface area contributed by atoms with Crippen molar-refractivity contribution >= 4 is 11.6 Å². The van der Waals surface area contributed by atoms with Crippen LogP contribution in [0.3, 0.4) is 0 Å². The molecule has 0 spiro atoms. The Hall–Kier alpha value is -2.68. The van der Waals surface area contributed by atoms with E-state index >= 15 is 0 Å². The standard InChI is InChI=1S/C18H13ClF5N3O/c1-18(2,28-15-13(23)4-8(20)5-14(15)24)17-26-25-16(27(17)3)9-6-11(21)12(22)7-10(9)19/h4-7H,1-3H3. The minimum atomic E-state index is -1.43. The lowest BCUT2D eigenvalue weighted by atomic mass is 10.1. The Labute approximate surface area is 161 Å². The maximum absolute atomic E-state index is 13.9. The quantitative estimate of drug-likeness (QED) is 0.435. The van der Waals surface area contributed by atoms with Crippen molar-refractivity contribution in [2.24, 2.45) is 7.05 Å². The van der Waals surface area contributed by atoms with Crippen molar-refractivity contribution in [1.82, 2.24) is 14.8 Å². The van der Waals surface area contributed by atoms with E-state index < -0.39 is 40.4 Å². The van der Waals surface area contributed by atoms with Gasteiger partial charge in [0.2, 0.25) is 0 Å². The zero-order chi connectivity index (χ0) is 20.8. The zero-order valence-corrected chi connectivity index (χ0v) is 15.6. The Morgan fingerprint density at radius 1 is 0.893 bits per heavy atom. The van der Waals surface area contributed by atoms with E-state index in [4.69, 9.17) is 16.3 Å². The van der Waals surface area contributed by atoms with Crippen molar-refractivity contribution in [3.05, 3.63) is 64.2 Å². The third-order valence-corrected chi connectivity index (χ3v) is 4.30. The molecule has 0 saturated heterocycles. The molecule has 0 fully saturated rings. The third kappa shape index (κ3) is 3.54. The number of hydrogen-bond donors (Lipinski definition) is 0. The van der Waals surface area contributed by atoms with Crippen LogP contribution in [0.4, 0.5) is 22.0 Å². The number of nitrogens with zero attached hydrogens (tertiary/aromatic N) is 3. The third-order valence-electron chi connectivity index (χ3n) is 3.98. The van der Waals surface area contributed by atoms with Gasteiger partial charge < -0.3 is 9.30 Å². The second-order valence-electron chi connectivity index (χ2n) is 6.46. The van der Waals surface area contributed by atoms with E-state index in [1.54, 1.807) is 0 Å². The minimum absolute atomic E-state index is 0.0664. The molecule has 3 rings (SSSR count). The predicted octanol–water partition coefficient (Wildman–Crippen LogP) is 5.15. The highest BCUT2D eigenvalue weighted by molar-refractivity contribution is 6.33. The summed E-state index contributed by atoms with van der Waals surface area (Å²) in [5.74, 6) is -6.40. The average Bonchev–Trinajstić information content (AvgIpc) is 2.96. The first-order valence-corrected chi connectivity index (χ1v) is 8.27. The highest BCUT2D eigenvalue weighted by Gasteiger charge is 2.33. The van der Waals surface area contributed by atoms with Crippen LogP contribution in [0.1, 0.15) is 19.7 Å². The van der Waals surface area contributed by atoms with E-state index in [0.717, 1.165) is 12.1 Å². The summed E-state index contributed by atoms with van der Waals surface area (Å²) >= 11 is 5.96. The van der Waals surface area contributed by atoms with Crippen LogP contribution in [-0.4, -0.2) is 14.8 Å². The summed E-state index contributed by atoms with van der Waals surface area (Å²) < 4.78 is 74.6. The highest BCUT2D eigenvalue weighted by atomic mass is 35.5. The lowest BCUT2D eigenvalue weighted by Gasteiger charge is -2.26. The Kier molecular flexibility index (Phi) is 5.05. The van der Waals surface area contributed by atoms with E-state index in [2.05, 4.69) is 10.2 Å². The van der Waals surface area contributed by atoms with E-state index in [1.807, 2.05) is 0 Å². The van der Waals surface area contributed by atoms with Crippen LogP contribution in [0.2, 0.25) is 5.02 Å². The van der Waals surface area contributed by atoms with Gasteiger partial charge >= 0.3 is 0 Å². The van der Waals surface area contributed by atoms with E-state index in [0.29, 0.717) is 12.1 Å². The predicted molar refractivity (Wildman–Crippen MR) is 91.3 cm³/mol. The monoisotopic (exact) mass is 417 g/mol. The molecule has 1 heterocycles. The summed E-state index contributed by atoms with van der Waals surface area (Å²) in [5, 5.41) is 7.72. The maximum atomic E-state index is 13.9. The molecule has 4 nitrogen and oxygen atoms in total. The summed E-state index contributed by atoms with van der Waals surface area (Å²) in [6.45, 7) is 2.91. The highest BCUT2D eigenvalue weighted by Crippen LogP contribution is 2.34. The molecule has 10 heteroatoms. The molecule has 2 aromatic carbocycles. The summed E-state index contributed by atoms with van der Waals surface area (Å²) in [6, 6.07) is 2.62. The van der Waals surface area contributed by atoms with Crippen LogP contribution in [0.25, 0.3) is 11.4 Å². The van der Waals surface area contributed by atoms with Gasteiger partial charge in [0, 0.05) is 24.7 Å². The van der Waals surface area contributed by atoms with E-state index in [9.17, 15) is 22.0 Å². The van der Waals surface area contributed by atoms with Gasteiger partial charge in [-0.1, -0.05) is 11.6 Å². The number of hydrogen-bond acceptors (Lipinski definition) is 3. The number of rotatable bonds is 4. The average molecular weight is 418 g/mol. The van der Waals surface area contributed by atoms with Crippen molar-refractivity contribution in [2.75, 3.05) is 0 Å².